The second-order valence-electron chi connectivity index (χ2n) is 6.23. The van der Waals surface area contributed by atoms with Gasteiger partial charge in [-0.1, -0.05) is 20.8 Å². The Morgan fingerprint density at radius 3 is 2.90 bits per heavy atom. The molecule has 4 nitrogen and oxygen atoms in total. The maximum absolute atomic E-state index is 13.7. The van der Waals surface area contributed by atoms with Crippen molar-refractivity contribution in [3.05, 3.63) is 23.6 Å². The molecule has 0 amide bonds. The first-order chi connectivity index (χ1) is 9.45. The van der Waals surface area contributed by atoms with E-state index in [-0.39, 0.29) is 17.3 Å². The van der Waals surface area contributed by atoms with Gasteiger partial charge in [-0.15, -0.1) is 0 Å². The summed E-state index contributed by atoms with van der Waals surface area (Å²) >= 11 is 0. The van der Waals surface area contributed by atoms with Crippen molar-refractivity contribution < 1.29 is 13.9 Å². The molecule has 1 atom stereocenters. The second-order valence-corrected chi connectivity index (χ2v) is 6.23. The second kappa shape index (κ2) is 4.74. The Labute approximate surface area is 117 Å². The SMILES string of the molecule is CC(C)(C)c1cc2c(F)c[nH]c2nc1OC1CCOC1. The Morgan fingerprint density at radius 2 is 2.25 bits per heavy atom. The molecule has 5 heteroatoms. The molecule has 20 heavy (non-hydrogen) atoms. The monoisotopic (exact) mass is 278 g/mol. The van der Waals surface area contributed by atoms with E-state index < -0.39 is 0 Å². The molecule has 1 unspecified atom stereocenters. The van der Waals surface area contributed by atoms with Crippen molar-refractivity contribution in [3.63, 3.8) is 0 Å². The number of halogens is 1. The quantitative estimate of drug-likeness (QED) is 0.918. The van der Waals surface area contributed by atoms with Gasteiger partial charge in [0, 0.05) is 18.2 Å². The number of aromatic amines is 1. The molecule has 1 aliphatic heterocycles. The summed E-state index contributed by atoms with van der Waals surface area (Å²) in [5, 5.41) is 0.505. The van der Waals surface area contributed by atoms with Crippen molar-refractivity contribution in [1.29, 1.82) is 0 Å². The highest BCUT2D eigenvalue weighted by Crippen LogP contribution is 2.34. The van der Waals surface area contributed by atoms with Gasteiger partial charge in [-0.2, -0.15) is 4.98 Å². The summed E-state index contributed by atoms with van der Waals surface area (Å²) in [4.78, 5) is 7.29. The molecule has 0 bridgehead atoms. The average Bonchev–Trinajstić information content (AvgIpc) is 2.98. The number of H-pyrrole nitrogens is 1. The van der Waals surface area contributed by atoms with Crippen molar-refractivity contribution in [3.8, 4) is 5.88 Å². The van der Waals surface area contributed by atoms with Crippen molar-refractivity contribution in [2.75, 3.05) is 13.2 Å². The molecule has 1 saturated heterocycles. The van der Waals surface area contributed by atoms with E-state index in [9.17, 15) is 4.39 Å². The molecule has 0 aromatic carbocycles. The van der Waals surface area contributed by atoms with E-state index in [1.807, 2.05) is 6.07 Å². The normalized spacial score (nSPS) is 19.7. The van der Waals surface area contributed by atoms with Crippen LogP contribution in [0.5, 0.6) is 5.88 Å². The zero-order valence-corrected chi connectivity index (χ0v) is 12.0. The number of nitrogens with zero attached hydrogens (tertiary/aromatic N) is 1. The van der Waals surface area contributed by atoms with Crippen molar-refractivity contribution in [1.82, 2.24) is 9.97 Å². The van der Waals surface area contributed by atoms with Gasteiger partial charge in [-0.05, 0) is 11.5 Å². The van der Waals surface area contributed by atoms with Crippen molar-refractivity contribution >= 4 is 11.0 Å². The lowest BCUT2D eigenvalue weighted by atomic mass is 9.87. The van der Waals surface area contributed by atoms with E-state index in [0.29, 0.717) is 23.5 Å². The Bertz CT molecular complexity index is 625. The molecule has 0 radical (unpaired) electrons. The Kier molecular flexibility index (Phi) is 3.17. The summed E-state index contributed by atoms with van der Waals surface area (Å²) in [6.45, 7) is 7.51. The zero-order valence-electron chi connectivity index (χ0n) is 12.0. The van der Waals surface area contributed by atoms with Gasteiger partial charge in [0.05, 0.1) is 18.6 Å². The highest BCUT2D eigenvalue weighted by Gasteiger charge is 2.26. The van der Waals surface area contributed by atoms with Crippen LogP contribution in [0.4, 0.5) is 4.39 Å². The topological polar surface area (TPSA) is 47.1 Å². The van der Waals surface area contributed by atoms with E-state index in [2.05, 4.69) is 30.7 Å². The predicted molar refractivity (Wildman–Crippen MR) is 74.6 cm³/mol. The lowest BCUT2D eigenvalue weighted by Crippen LogP contribution is -2.21. The summed E-state index contributed by atoms with van der Waals surface area (Å²) in [5.41, 5.74) is 1.26. The van der Waals surface area contributed by atoms with Crippen LogP contribution in [0, 0.1) is 5.82 Å². The molecule has 0 saturated carbocycles. The molecule has 3 heterocycles. The van der Waals surface area contributed by atoms with Crippen LogP contribution in [0.3, 0.4) is 0 Å². The Hall–Kier alpha value is -1.62. The largest absolute Gasteiger partial charge is 0.472 e. The van der Waals surface area contributed by atoms with Gasteiger partial charge in [0.2, 0.25) is 5.88 Å². The average molecular weight is 278 g/mol. The molecule has 2 aromatic heterocycles. The first-order valence-electron chi connectivity index (χ1n) is 6.87. The summed E-state index contributed by atoms with van der Waals surface area (Å²) in [5.74, 6) is 0.288. The maximum atomic E-state index is 13.7. The molecular weight excluding hydrogens is 259 g/mol. The minimum absolute atomic E-state index is 0.0286. The van der Waals surface area contributed by atoms with E-state index in [0.717, 1.165) is 18.6 Å². The number of rotatable bonds is 2. The van der Waals surface area contributed by atoms with Gasteiger partial charge in [0.25, 0.3) is 0 Å². The van der Waals surface area contributed by atoms with Gasteiger partial charge in [0.1, 0.15) is 17.6 Å². The van der Waals surface area contributed by atoms with Crippen LogP contribution in [0.15, 0.2) is 12.3 Å². The zero-order chi connectivity index (χ0) is 14.3. The standard InChI is InChI=1S/C15H19FN2O2/c1-15(2,3)11-6-10-12(16)7-17-13(10)18-14(11)20-9-4-5-19-8-9/h6-7,9H,4-5,8H2,1-3H3,(H,17,18). The number of ether oxygens (including phenoxy) is 2. The fourth-order valence-electron chi connectivity index (χ4n) is 2.39. The fraction of sp³-hybridized carbons (Fsp3) is 0.533. The van der Waals surface area contributed by atoms with Gasteiger partial charge in [0.15, 0.2) is 0 Å². The van der Waals surface area contributed by atoms with E-state index >= 15 is 0 Å². The van der Waals surface area contributed by atoms with Crippen LogP contribution in [0.1, 0.15) is 32.8 Å². The molecule has 0 aliphatic carbocycles. The van der Waals surface area contributed by atoms with Gasteiger partial charge in [-0.25, -0.2) is 4.39 Å². The molecule has 2 aromatic rings. The van der Waals surface area contributed by atoms with Crippen LogP contribution in [-0.4, -0.2) is 29.3 Å². The van der Waals surface area contributed by atoms with Gasteiger partial charge >= 0.3 is 0 Å². The summed E-state index contributed by atoms with van der Waals surface area (Å²) in [6, 6.07) is 1.83. The van der Waals surface area contributed by atoms with E-state index in [1.54, 1.807) is 0 Å². The molecule has 1 fully saturated rings. The molecule has 1 aliphatic rings. The van der Waals surface area contributed by atoms with Gasteiger partial charge in [-0.3, -0.25) is 0 Å². The Balaban J connectivity index is 2.07. The van der Waals surface area contributed by atoms with Crippen LogP contribution in [-0.2, 0) is 10.2 Å². The molecule has 108 valence electrons. The van der Waals surface area contributed by atoms with Gasteiger partial charge < -0.3 is 14.5 Å². The predicted octanol–water partition coefficient (Wildman–Crippen LogP) is 3.17. The van der Waals surface area contributed by atoms with Crippen molar-refractivity contribution in [2.24, 2.45) is 0 Å². The lowest BCUT2D eigenvalue weighted by molar-refractivity contribution is 0.136. The van der Waals surface area contributed by atoms with Crippen LogP contribution >= 0.6 is 0 Å². The first-order valence-corrected chi connectivity index (χ1v) is 6.87. The third kappa shape index (κ3) is 2.38. The number of hydrogen-bond donors (Lipinski definition) is 1. The maximum Gasteiger partial charge on any atom is 0.219 e. The molecule has 3 rings (SSSR count). The number of pyridine rings is 1. The first kappa shape index (κ1) is 13.4. The minimum atomic E-state index is -0.284. The third-order valence-electron chi connectivity index (χ3n) is 3.55. The van der Waals surface area contributed by atoms with Crippen LogP contribution in [0.25, 0.3) is 11.0 Å². The van der Waals surface area contributed by atoms with E-state index in [4.69, 9.17) is 9.47 Å². The molecule has 1 N–H and O–H groups in total. The third-order valence-corrected chi connectivity index (χ3v) is 3.55. The van der Waals surface area contributed by atoms with Crippen LogP contribution < -0.4 is 4.74 Å². The van der Waals surface area contributed by atoms with Crippen LogP contribution in [0.2, 0.25) is 0 Å². The fourth-order valence-corrected chi connectivity index (χ4v) is 2.39. The van der Waals surface area contributed by atoms with E-state index in [1.165, 1.54) is 6.20 Å². The highest BCUT2D eigenvalue weighted by atomic mass is 19.1. The number of nitrogens with one attached hydrogen (secondary N) is 1. The van der Waals surface area contributed by atoms with Crippen molar-refractivity contribution in [2.45, 2.75) is 38.7 Å². The smallest absolute Gasteiger partial charge is 0.219 e. The Morgan fingerprint density at radius 1 is 1.45 bits per heavy atom. The lowest BCUT2D eigenvalue weighted by Gasteiger charge is -2.23. The highest BCUT2D eigenvalue weighted by molar-refractivity contribution is 5.78. The molecular formula is C15H19FN2O2. The number of fused-ring (bicyclic) bond motifs is 1. The summed E-state index contributed by atoms with van der Waals surface area (Å²) in [6.07, 6.45) is 2.22. The number of hydrogen-bond acceptors (Lipinski definition) is 3. The number of aromatic nitrogens is 2. The minimum Gasteiger partial charge on any atom is -0.472 e. The molecule has 0 spiro atoms. The summed E-state index contributed by atoms with van der Waals surface area (Å²) < 4.78 is 25.0. The summed E-state index contributed by atoms with van der Waals surface area (Å²) in [7, 11) is 0.